The molecule has 1 aromatic carbocycles. The van der Waals surface area contributed by atoms with E-state index in [9.17, 15) is 23.4 Å². The number of nitrogens with two attached hydrogens (primary N) is 1. The minimum Gasteiger partial charge on any atom is -0.388 e. The molecule has 0 spiro atoms. The molecule has 3 heterocycles. The number of halogens is 1. The number of anilines is 3. The highest BCUT2D eigenvalue weighted by atomic mass is 35.5. The molecule has 7 N–H and O–H groups in total. The number of hydrogen-bond acceptors (Lipinski definition) is 6. The number of benzene rings is 1. The van der Waals surface area contributed by atoms with Gasteiger partial charge >= 0.3 is 0 Å². The lowest BCUT2D eigenvalue weighted by molar-refractivity contribution is -0.111. The molecule has 0 fully saturated rings. The van der Waals surface area contributed by atoms with Crippen LogP contribution >= 0.6 is 11.6 Å². The van der Waals surface area contributed by atoms with Gasteiger partial charge in [-0.1, -0.05) is 12.1 Å². The summed E-state index contributed by atoms with van der Waals surface area (Å²) in [4.78, 5) is 51.8. The minimum absolute atomic E-state index is 0.0330. The molecule has 14 nitrogen and oxygen atoms in total. The van der Waals surface area contributed by atoms with Crippen molar-refractivity contribution in [3.8, 4) is 0 Å². The average molecular weight is 694 g/mol. The van der Waals surface area contributed by atoms with Crippen LogP contribution in [-0.2, 0) is 36.7 Å². The Morgan fingerprint density at radius 1 is 0.854 bits per heavy atom. The summed E-state index contributed by atoms with van der Waals surface area (Å²) in [7, 11) is 3.79. The first-order valence-electron chi connectivity index (χ1n) is 14.6. The van der Waals surface area contributed by atoms with Gasteiger partial charge in [0.15, 0.2) is 0 Å². The second-order valence-corrected chi connectivity index (χ2v) is 12.6. The number of hydrogen-bond donors (Lipinski definition) is 6. The molecule has 4 amide bonds. The Balaban J connectivity index is 1.34. The number of aryl methyl sites for hydroxylation is 2. The number of amidine groups is 1. The minimum atomic E-state index is -1.17. The molecule has 0 aliphatic rings. The van der Waals surface area contributed by atoms with Crippen molar-refractivity contribution in [1.29, 1.82) is 5.41 Å². The molecule has 3 aromatic heterocycles. The van der Waals surface area contributed by atoms with Crippen molar-refractivity contribution in [2.75, 3.05) is 34.1 Å². The molecule has 4 rings (SSSR count). The Morgan fingerprint density at radius 3 is 2.02 bits per heavy atom. The summed E-state index contributed by atoms with van der Waals surface area (Å²) in [5.41, 5.74) is 7.68. The van der Waals surface area contributed by atoms with Gasteiger partial charge in [-0.05, 0) is 48.0 Å². The zero-order valence-corrected chi connectivity index (χ0v) is 28.1. The molecule has 0 saturated heterocycles. The van der Waals surface area contributed by atoms with Crippen LogP contribution in [0.2, 0.25) is 0 Å². The highest BCUT2D eigenvalue weighted by Crippen LogP contribution is 2.20. The van der Waals surface area contributed by atoms with E-state index in [0.717, 1.165) is 5.56 Å². The highest BCUT2D eigenvalue weighted by molar-refractivity contribution is 7.85. The highest BCUT2D eigenvalue weighted by Gasteiger charge is 2.19. The predicted molar refractivity (Wildman–Crippen MR) is 187 cm³/mol. The monoisotopic (exact) mass is 693 g/mol. The van der Waals surface area contributed by atoms with Crippen molar-refractivity contribution >= 4 is 75.1 Å². The van der Waals surface area contributed by atoms with Gasteiger partial charge in [-0.15, -0.1) is 11.6 Å². The fraction of sp³-hybridized carbons (Fsp3) is 0.219. The molecule has 0 saturated carbocycles. The van der Waals surface area contributed by atoms with Gasteiger partial charge in [0.2, 0.25) is 5.91 Å². The van der Waals surface area contributed by atoms with Crippen molar-refractivity contribution in [1.82, 2.24) is 19.0 Å². The Morgan fingerprint density at radius 2 is 1.44 bits per heavy atom. The first-order chi connectivity index (χ1) is 22.9. The molecular formula is C32H36ClN9O5S. The largest absolute Gasteiger partial charge is 0.388 e. The summed E-state index contributed by atoms with van der Waals surface area (Å²) in [6, 6.07) is 13.2. The van der Waals surface area contributed by atoms with Crippen LogP contribution in [0.15, 0.2) is 71.9 Å². The molecule has 16 heteroatoms. The molecule has 0 aliphatic carbocycles. The van der Waals surface area contributed by atoms with Gasteiger partial charge in [0.25, 0.3) is 17.7 Å². The van der Waals surface area contributed by atoms with Crippen LogP contribution < -0.4 is 27.0 Å². The molecule has 0 aliphatic heterocycles. The molecule has 48 heavy (non-hydrogen) atoms. The van der Waals surface area contributed by atoms with E-state index in [-0.39, 0.29) is 36.1 Å². The molecule has 1 atom stereocenters. The van der Waals surface area contributed by atoms with Gasteiger partial charge in [0.05, 0.1) is 28.0 Å². The van der Waals surface area contributed by atoms with Gasteiger partial charge in [0.1, 0.15) is 22.9 Å². The number of nitrogens with one attached hydrogen (secondary N) is 5. The number of rotatable bonds is 14. The maximum absolute atomic E-state index is 13.1. The molecule has 1 unspecified atom stereocenters. The van der Waals surface area contributed by atoms with Crippen LogP contribution in [0, 0.1) is 5.41 Å². The summed E-state index contributed by atoms with van der Waals surface area (Å²) in [5, 5.41) is 18.2. The normalized spacial score (nSPS) is 11.7. The smallest absolute Gasteiger partial charge is 0.272 e. The van der Waals surface area contributed by atoms with E-state index in [1.54, 1.807) is 85.1 Å². The molecule has 0 bridgehead atoms. The number of carbonyl (C=O) groups excluding carboxylic acids is 4. The Bertz CT molecular complexity index is 1910. The number of alkyl halides is 1. The Kier molecular flexibility index (Phi) is 11.8. The van der Waals surface area contributed by atoms with Gasteiger partial charge in [0, 0.05) is 69.1 Å². The summed E-state index contributed by atoms with van der Waals surface area (Å²) in [6.45, 7) is 0.215. The third kappa shape index (κ3) is 9.11. The molecule has 0 radical (unpaired) electrons. The van der Waals surface area contributed by atoms with Gasteiger partial charge in [-0.25, -0.2) is 0 Å². The second-order valence-electron chi connectivity index (χ2n) is 10.7. The second kappa shape index (κ2) is 15.9. The van der Waals surface area contributed by atoms with Crippen molar-refractivity contribution in [2.45, 2.75) is 11.3 Å². The van der Waals surface area contributed by atoms with Crippen LogP contribution in [0.25, 0.3) is 6.08 Å². The van der Waals surface area contributed by atoms with Gasteiger partial charge < -0.3 is 40.7 Å². The Hall–Kier alpha value is -5.41. The lowest BCUT2D eigenvalue weighted by Crippen LogP contribution is -2.28. The van der Waals surface area contributed by atoms with E-state index in [0.29, 0.717) is 39.4 Å². The third-order valence-corrected chi connectivity index (χ3v) is 8.90. The summed E-state index contributed by atoms with van der Waals surface area (Å²) in [6.07, 6.45) is 6.39. The van der Waals surface area contributed by atoms with Crippen LogP contribution in [0.1, 0.15) is 43.4 Å². The van der Waals surface area contributed by atoms with Crippen molar-refractivity contribution < 1.29 is 23.4 Å². The fourth-order valence-corrected chi connectivity index (χ4v) is 5.87. The van der Waals surface area contributed by atoms with E-state index >= 15 is 0 Å². The SMILES string of the molecule is Cn1cc(NC(=O)c2cc(NC(=O)c3ccc(NC(=O)/C=C/c4ccc(S(=O)CCCl)cc4)n3C)cn2C)cc1C(=O)NCCC(=N)N. The standard InChI is InChI=1S/C32H36ClN9O5S/c1-40-18-21(16-25(40)30(44)36-14-12-27(34)35)38-32(46)26-17-22(19-41(26)2)37-31(45)24-9-10-28(42(24)3)39-29(43)11-6-20-4-7-23(8-5-20)48(47)15-13-33/h4-11,16-19H,12-15H2,1-3H3,(H3,34,35)(H,36,44)(H,37,45)(H,38,46)(H,39,43)/b11-6+. The van der Waals surface area contributed by atoms with Crippen LogP contribution in [0.4, 0.5) is 17.2 Å². The lowest BCUT2D eigenvalue weighted by atomic mass is 10.2. The van der Waals surface area contributed by atoms with Gasteiger partial charge in [-0.3, -0.25) is 28.8 Å². The number of aromatic nitrogens is 3. The van der Waals surface area contributed by atoms with E-state index in [4.69, 9.17) is 22.7 Å². The van der Waals surface area contributed by atoms with Crippen molar-refractivity contribution in [2.24, 2.45) is 26.9 Å². The number of amides is 4. The van der Waals surface area contributed by atoms with Crippen LogP contribution in [0.3, 0.4) is 0 Å². The van der Waals surface area contributed by atoms with E-state index in [1.807, 2.05) is 0 Å². The van der Waals surface area contributed by atoms with Gasteiger partial charge in [-0.2, -0.15) is 0 Å². The first kappa shape index (κ1) is 35.4. The molecule has 4 aromatic rings. The van der Waals surface area contributed by atoms with E-state index in [2.05, 4.69) is 21.3 Å². The van der Waals surface area contributed by atoms with E-state index < -0.39 is 28.5 Å². The molecular weight excluding hydrogens is 658 g/mol. The molecule has 252 valence electrons. The number of carbonyl (C=O) groups is 4. The maximum Gasteiger partial charge on any atom is 0.272 e. The maximum atomic E-state index is 13.1. The van der Waals surface area contributed by atoms with Crippen molar-refractivity contribution in [3.05, 3.63) is 89.6 Å². The van der Waals surface area contributed by atoms with E-state index in [1.165, 1.54) is 22.8 Å². The fourth-order valence-electron chi connectivity index (χ4n) is 4.63. The third-order valence-electron chi connectivity index (χ3n) is 7.11. The van der Waals surface area contributed by atoms with Crippen LogP contribution in [0.5, 0.6) is 0 Å². The average Bonchev–Trinajstić information content (AvgIpc) is 3.71. The Labute approximate surface area is 284 Å². The number of nitrogens with zero attached hydrogens (tertiary/aromatic N) is 3. The predicted octanol–water partition coefficient (Wildman–Crippen LogP) is 3.26. The lowest BCUT2D eigenvalue weighted by Gasteiger charge is -2.08. The first-order valence-corrected chi connectivity index (χ1v) is 16.5. The summed E-state index contributed by atoms with van der Waals surface area (Å²) in [5.74, 6) is -0.666. The zero-order valence-electron chi connectivity index (χ0n) is 26.5. The topological polar surface area (TPSA) is 198 Å². The zero-order chi connectivity index (χ0) is 35.0. The summed E-state index contributed by atoms with van der Waals surface area (Å²) < 4.78 is 16.7. The quantitative estimate of drug-likeness (QED) is 0.0507. The van der Waals surface area contributed by atoms with Crippen molar-refractivity contribution in [3.63, 3.8) is 0 Å². The summed E-state index contributed by atoms with van der Waals surface area (Å²) >= 11 is 5.66. The van der Waals surface area contributed by atoms with Crippen LogP contribution in [-0.4, -0.2) is 65.6 Å².